The zero-order valence-electron chi connectivity index (χ0n) is 7.06. The van der Waals surface area contributed by atoms with Crippen molar-refractivity contribution in [3.63, 3.8) is 0 Å². The van der Waals surface area contributed by atoms with E-state index in [2.05, 4.69) is 0 Å². The maximum Gasteiger partial charge on any atom is 0.162 e. The van der Waals surface area contributed by atoms with Crippen LogP contribution in [0.15, 0.2) is 0 Å². The molecule has 0 aliphatic carbocycles. The quantitative estimate of drug-likeness (QED) is 0.560. The van der Waals surface area contributed by atoms with Gasteiger partial charge in [-0.1, -0.05) is 0 Å². The van der Waals surface area contributed by atoms with Gasteiger partial charge in [-0.05, 0) is 6.92 Å². The molecule has 1 aliphatic heterocycles. The van der Waals surface area contributed by atoms with Gasteiger partial charge < -0.3 is 0 Å². The Balaban J connectivity index is 3.09. The lowest BCUT2D eigenvalue weighted by Gasteiger charge is -2.19. The van der Waals surface area contributed by atoms with E-state index in [0.717, 1.165) is 6.92 Å². The molecule has 0 bridgehead atoms. The molecule has 0 aromatic rings. The number of ketones is 1. The molecule has 0 radical (unpaired) electrons. The largest absolute Gasteiger partial charge is 0.299 e. The second kappa shape index (κ2) is 3.06. The smallest absolute Gasteiger partial charge is 0.162 e. The van der Waals surface area contributed by atoms with Gasteiger partial charge in [-0.25, -0.2) is 16.8 Å². The highest BCUT2D eigenvalue weighted by molar-refractivity contribution is 7.99. The summed E-state index contributed by atoms with van der Waals surface area (Å²) in [5.41, 5.74) is 0. The first-order valence-electron chi connectivity index (χ1n) is 3.67. The lowest BCUT2D eigenvalue weighted by molar-refractivity contribution is -0.116. The Morgan fingerprint density at radius 2 is 1.69 bits per heavy atom. The summed E-state index contributed by atoms with van der Waals surface area (Å²) < 4.78 is 44.5. The molecule has 0 aromatic heterocycles. The van der Waals surface area contributed by atoms with Gasteiger partial charge in [0.1, 0.15) is 11.0 Å². The zero-order valence-corrected chi connectivity index (χ0v) is 8.69. The van der Waals surface area contributed by atoms with Crippen molar-refractivity contribution >= 4 is 25.5 Å². The first-order valence-corrected chi connectivity index (χ1v) is 7.21. The number of rotatable bonds is 1. The van der Waals surface area contributed by atoms with E-state index in [1.165, 1.54) is 0 Å². The van der Waals surface area contributed by atoms with E-state index in [0.29, 0.717) is 0 Å². The monoisotopic (exact) mass is 226 g/mol. The summed E-state index contributed by atoms with van der Waals surface area (Å²) >= 11 is 0. The summed E-state index contributed by atoms with van der Waals surface area (Å²) in [6.07, 6.45) is 0. The van der Waals surface area contributed by atoms with Gasteiger partial charge in [-0.15, -0.1) is 0 Å². The van der Waals surface area contributed by atoms with Gasteiger partial charge in [-0.2, -0.15) is 0 Å². The standard InChI is InChI=1S/C6H10O5S2/c1-5(7)6-4-12(8,9)2-3-13(6,10)11/h6H,2-4H2,1H3. The first kappa shape index (κ1) is 10.6. The second-order valence-electron chi connectivity index (χ2n) is 3.08. The third kappa shape index (κ3) is 2.28. The summed E-state index contributed by atoms with van der Waals surface area (Å²) in [4.78, 5) is 10.9. The summed E-state index contributed by atoms with van der Waals surface area (Å²) in [5, 5.41) is -1.34. The van der Waals surface area contributed by atoms with Crippen LogP contribution in [0.4, 0.5) is 0 Å². The minimum absolute atomic E-state index is 0.362. The van der Waals surface area contributed by atoms with Crippen molar-refractivity contribution in [2.45, 2.75) is 12.2 Å². The molecule has 7 heteroatoms. The van der Waals surface area contributed by atoms with Crippen molar-refractivity contribution in [1.29, 1.82) is 0 Å². The minimum Gasteiger partial charge on any atom is -0.299 e. The highest BCUT2D eigenvalue weighted by Gasteiger charge is 2.39. The van der Waals surface area contributed by atoms with E-state index in [4.69, 9.17) is 0 Å². The summed E-state index contributed by atoms with van der Waals surface area (Å²) in [6, 6.07) is 0. The Kier molecular flexibility index (Phi) is 2.50. The molecule has 1 rings (SSSR count). The maximum absolute atomic E-state index is 11.2. The lowest BCUT2D eigenvalue weighted by atomic mass is 10.3. The molecule has 0 saturated carbocycles. The number of Topliss-reactive ketones (excluding diaryl/α,β-unsaturated/α-hetero) is 1. The number of carbonyl (C=O) groups is 1. The average Bonchev–Trinajstić information content (AvgIpc) is 1.95. The van der Waals surface area contributed by atoms with E-state index < -0.39 is 42.2 Å². The Bertz CT molecular complexity index is 416. The van der Waals surface area contributed by atoms with Crippen LogP contribution in [0, 0.1) is 0 Å². The van der Waals surface area contributed by atoms with Crippen molar-refractivity contribution in [3.05, 3.63) is 0 Å². The van der Waals surface area contributed by atoms with Gasteiger partial charge in [0.2, 0.25) is 0 Å². The van der Waals surface area contributed by atoms with Crippen molar-refractivity contribution in [2.75, 3.05) is 17.3 Å². The van der Waals surface area contributed by atoms with E-state index in [-0.39, 0.29) is 5.75 Å². The minimum atomic E-state index is -3.52. The number of sulfone groups is 2. The predicted octanol–water partition coefficient (Wildman–Crippen LogP) is -1.21. The van der Waals surface area contributed by atoms with E-state index in [1.807, 2.05) is 0 Å². The highest BCUT2D eigenvalue weighted by Crippen LogP contribution is 2.14. The third-order valence-electron chi connectivity index (χ3n) is 1.97. The fourth-order valence-corrected chi connectivity index (χ4v) is 6.22. The molecule has 0 aromatic carbocycles. The maximum atomic E-state index is 11.2. The van der Waals surface area contributed by atoms with Crippen LogP contribution in [0.1, 0.15) is 6.92 Å². The third-order valence-corrected chi connectivity index (χ3v) is 6.25. The number of hydrogen-bond acceptors (Lipinski definition) is 5. The van der Waals surface area contributed by atoms with Crippen LogP contribution < -0.4 is 0 Å². The number of hydrogen-bond donors (Lipinski definition) is 0. The summed E-state index contributed by atoms with van der Waals surface area (Å²) in [5.74, 6) is -1.94. The molecule has 1 fully saturated rings. The van der Waals surface area contributed by atoms with Crippen molar-refractivity contribution in [2.24, 2.45) is 0 Å². The number of carbonyl (C=O) groups excluding carboxylic acids is 1. The van der Waals surface area contributed by atoms with Crippen LogP contribution in [-0.2, 0) is 24.5 Å². The first-order chi connectivity index (χ1) is 5.75. The molecular formula is C6H10O5S2. The van der Waals surface area contributed by atoms with Gasteiger partial charge in [-0.3, -0.25) is 4.79 Å². The Labute approximate surface area is 77.0 Å². The van der Waals surface area contributed by atoms with Crippen LogP contribution in [-0.4, -0.2) is 45.1 Å². The van der Waals surface area contributed by atoms with Crippen LogP contribution >= 0.6 is 0 Å². The van der Waals surface area contributed by atoms with Crippen molar-refractivity contribution < 1.29 is 21.6 Å². The molecule has 1 saturated heterocycles. The normalized spacial score (nSPS) is 31.0. The Morgan fingerprint density at radius 3 is 2.08 bits per heavy atom. The molecule has 0 N–H and O–H groups in total. The van der Waals surface area contributed by atoms with Crippen LogP contribution in [0.25, 0.3) is 0 Å². The van der Waals surface area contributed by atoms with E-state index in [1.54, 1.807) is 0 Å². The van der Waals surface area contributed by atoms with Crippen LogP contribution in [0.2, 0.25) is 0 Å². The molecule has 1 unspecified atom stereocenters. The zero-order chi connectivity index (χ0) is 10.3. The molecule has 5 nitrogen and oxygen atoms in total. The molecule has 13 heavy (non-hydrogen) atoms. The van der Waals surface area contributed by atoms with Crippen molar-refractivity contribution in [1.82, 2.24) is 0 Å². The van der Waals surface area contributed by atoms with Crippen molar-refractivity contribution in [3.8, 4) is 0 Å². The Morgan fingerprint density at radius 1 is 1.15 bits per heavy atom. The molecule has 76 valence electrons. The molecule has 1 heterocycles. The van der Waals surface area contributed by atoms with Gasteiger partial charge in [0.15, 0.2) is 19.7 Å². The van der Waals surface area contributed by atoms with Gasteiger partial charge >= 0.3 is 0 Å². The molecule has 1 aliphatic rings. The lowest BCUT2D eigenvalue weighted by Crippen LogP contribution is -2.44. The fourth-order valence-electron chi connectivity index (χ4n) is 1.17. The topological polar surface area (TPSA) is 85.3 Å². The van der Waals surface area contributed by atoms with Gasteiger partial charge in [0, 0.05) is 0 Å². The summed E-state index contributed by atoms with van der Waals surface area (Å²) in [6.45, 7) is 1.10. The molecular weight excluding hydrogens is 216 g/mol. The highest BCUT2D eigenvalue weighted by atomic mass is 32.2. The molecule has 0 amide bonds. The van der Waals surface area contributed by atoms with Crippen LogP contribution in [0.5, 0.6) is 0 Å². The predicted molar refractivity (Wildman–Crippen MR) is 46.9 cm³/mol. The summed E-state index contributed by atoms with van der Waals surface area (Å²) in [7, 11) is -6.87. The SMILES string of the molecule is CC(=O)C1CS(=O)(=O)CCS1(=O)=O. The Hall–Kier alpha value is -0.430. The van der Waals surface area contributed by atoms with Gasteiger partial charge in [0.25, 0.3) is 0 Å². The van der Waals surface area contributed by atoms with Gasteiger partial charge in [0.05, 0.1) is 17.3 Å². The van der Waals surface area contributed by atoms with E-state index >= 15 is 0 Å². The molecule has 1 atom stereocenters. The average molecular weight is 226 g/mol. The second-order valence-corrected chi connectivity index (χ2v) is 7.61. The van der Waals surface area contributed by atoms with E-state index in [9.17, 15) is 21.6 Å². The fraction of sp³-hybridized carbons (Fsp3) is 0.833. The van der Waals surface area contributed by atoms with Crippen LogP contribution in [0.3, 0.4) is 0 Å². The molecule has 0 spiro atoms.